The van der Waals surface area contributed by atoms with Crippen molar-refractivity contribution in [2.45, 2.75) is 6.54 Å². The number of hydrogen-bond acceptors (Lipinski definition) is 1. The standard InChI is InChI=1S/C8H13N3.2ClH/c1-10-8-2-5-11(6-3-8)7-4-9;;/h2-3,5-6H,4,7,9H2,1H3;2*1H. The van der Waals surface area contributed by atoms with Crippen LogP contribution in [0.3, 0.4) is 0 Å². The van der Waals surface area contributed by atoms with Crippen LogP contribution in [0.15, 0.2) is 24.5 Å². The fraction of sp³-hybridized carbons (Fsp3) is 0.375. The van der Waals surface area contributed by atoms with Crippen LogP contribution in [0.4, 0.5) is 5.69 Å². The number of rotatable bonds is 3. The summed E-state index contributed by atoms with van der Waals surface area (Å²) in [6.45, 7) is 1.92. The Kier molecular flexibility index (Phi) is 9.34. The zero-order valence-electron chi connectivity index (χ0n) is 7.63. The summed E-state index contributed by atoms with van der Waals surface area (Å²) in [7, 11) is 1.92. The van der Waals surface area contributed by atoms with Crippen LogP contribution in [-0.2, 0) is 6.54 Å². The Labute approximate surface area is 91.2 Å². The Hall–Kier alpha value is -0.510. The summed E-state index contributed by atoms with van der Waals surface area (Å²) in [5.41, 5.74) is 4.93. The van der Waals surface area contributed by atoms with Gasteiger partial charge in [-0.2, -0.15) is 4.57 Å². The SMILES string of the molecule is CNc1cc[n+](CC[NH3+])cc1.[Cl-].[Cl-]. The normalized spacial score (nSPS) is 8.15. The molecule has 1 aromatic rings. The molecule has 0 aromatic carbocycles. The Morgan fingerprint density at radius 3 is 2.23 bits per heavy atom. The lowest BCUT2D eigenvalue weighted by Crippen LogP contribution is -3.00. The van der Waals surface area contributed by atoms with Gasteiger partial charge in [0, 0.05) is 24.9 Å². The zero-order valence-corrected chi connectivity index (χ0v) is 9.15. The highest BCUT2D eigenvalue weighted by Gasteiger charge is 1.97. The van der Waals surface area contributed by atoms with Crippen LogP contribution in [0.2, 0.25) is 0 Å². The molecule has 0 saturated heterocycles. The van der Waals surface area contributed by atoms with Crippen LogP contribution < -0.4 is 40.4 Å². The van der Waals surface area contributed by atoms with Crippen molar-refractivity contribution in [1.82, 2.24) is 0 Å². The molecule has 0 unspecified atom stereocenters. The van der Waals surface area contributed by atoms with E-state index in [0.29, 0.717) is 0 Å². The van der Waals surface area contributed by atoms with E-state index in [1.165, 1.54) is 0 Å². The smallest absolute Gasteiger partial charge is 0.196 e. The largest absolute Gasteiger partial charge is 1.00 e. The van der Waals surface area contributed by atoms with E-state index in [-0.39, 0.29) is 24.8 Å². The molecular weight excluding hydrogens is 209 g/mol. The summed E-state index contributed by atoms with van der Waals surface area (Å²) in [6, 6.07) is 4.10. The van der Waals surface area contributed by atoms with Crippen LogP contribution in [0.5, 0.6) is 0 Å². The summed E-state index contributed by atoms with van der Waals surface area (Å²) < 4.78 is 2.12. The third kappa shape index (κ3) is 4.93. The quantitative estimate of drug-likeness (QED) is 0.492. The van der Waals surface area contributed by atoms with Gasteiger partial charge in [0.25, 0.3) is 0 Å². The Bertz CT molecular complexity index is 213. The third-order valence-corrected chi connectivity index (χ3v) is 1.60. The molecule has 0 bridgehead atoms. The lowest BCUT2D eigenvalue weighted by Gasteiger charge is -1.96. The van der Waals surface area contributed by atoms with Crippen LogP contribution in [0, 0.1) is 0 Å². The van der Waals surface area contributed by atoms with E-state index in [9.17, 15) is 0 Å². The van der Waals surface area contributed by atoms with Crippen molar-refractivity contribution in [2.75, 3.05) is 18.9 Å². The van der Waals surface area contributed by atoms with Crippen molar-refractivity contribution in [3.63, 3.8) is 0 Å². The van der Waals surface area contributed by atoms with Crippen molar-refractivity contribution in [3.05, 3.63) is 24.5 Å². The van der Waals surface area contributed by atoms with Gasteiger partial charge in [0.1, 0.15) is 6.54 Å². The topological polar surface area (TPSA) is 43.5 Å². The van der Waals surface area contributed by atoms with Crippen LogP contribution in [-0.4, -0.2) is 13.6 Å². The summed E-state index contributed by atoms with van der Waals surface area (Å²) in [6.07, 6.45) is 4.11. The number of aromatic nitrogens is 1. The summed E-state index contributed by atoms with van der Waals surface area (Å²) in [4.78, 5) is 0. The second-order valence-corrected chi connectivity index (χ2v) is 2.43. The summed E-state index contributed by atoms with van der Waals surface area (Å²) >= 11 is 0. The third-order valence-electron chi connectivity index (χ3n) is 1.60. The van der Waals surface area contributed by atoms with E-state index in [1.807, 2.05) is 7.05 Å². The van der Waals surface area contributed by atoms with Crippen LogP contribution in [0.25, 0.3) is 0 Å². The molecule has 76 valence electrons. The van der Waals surface area contributed by atoms with Gasteiger partial charge in [0.2, 0.25) is 0 Å². The second-order valence-electron chi connectivity index (χ2n) is 2.43. The number of anilines is 1. The zero-order chi connectivity index (χ0) is 8.10. The first-order valence-electron chi connectivity index (χ1n) is 3.83. The first-order chi connectivity index (χ1) is 5.36. The van der Waals surface area contributed by atoms with E-state index >= 15 is 0 Å². The predicted molar refractivity (Wildman–Crippen MR) is 43.9 cm³/mol. The van der Waals surface area contributed by atoms with Crippen LogP contribution >= 0.6 is 0 Å². The van der Waals surface area contributed by atoms with E-state index < -0.39 is 0 Å². The molecule has 0 atom stereocenters. The van der Waals surface area contributed by atoms with Gasteiger partial charge in [-0.25, -0.2) is 0 Å². The highest BCUT2D eigenvalue weighted by atomic mass is 35.5. The minimum Gasteiger partial charge on any atom is -1.00 e. The maximum absolute atomic E-state index is 3.79. The summed E-state index contributed by atoms with van der Waals surface area (Å²) in [5.74, 6) is 0. The fourth-order valence-corrected chi connectivity index (χ4v) is 0.956. The average molecular weight is 224 g/mol. The minimum absolute atomic E-state index is 0. The molecule has 5 heteroatoms. The number of quaternary nitrogens is 1. The maximum atomic E-state index is 3.79. The molecule has 1 rings (SSSR count). The highest BCUT2D eigenvalue weighted by molar-refractivity contribution is 5.38. The van der Waals surface area contributed by atoms with Gasteiger partial charge in [0.05, 0.1) is 0 Å². The van der Waals surface area contributed by atoms with Crippen LogP contribution in [0.1, 0.15) is 0 Å². The van der Waals surface area contributed by atoms with Gasteiger partial charge in [-0.3, -0.25) is 0 Å². The molecule has 3 nitrogen and oxygen atoms in total. The molecule has 0 spiro atoms. The van der Waals surface area contributed by atoms with Gasteiger partial charge in [-0.1, -0.05) is 0 Å². The van der Waals surface area contributed by atoms with Gasteiger partial charge in [0.15, 0.2) is 18.9 Å². The molecule has 0 amide bonds. The van der Waals surface area contributed by atoms with Gasteiger partial charge < -0.3 is 35.9 Å². The molecule has 1 aromatic heterocycles. The minimum atomic E-state index is 0. The molecule has 4 N–H and O–H groups in total. The van der Waals surface area contributed by atoms with Crippen molar-refractivity contribution < 1.29 is 35.1 Å². The maximum Gasteiger partial charge on any atom is 0.196 e. The number of halogens is 2. The first kappa shape index (κ1) is 15.0. The predicted octanol–water partition coefficient (Wildman–Crippen LogP) is -6.73. The van der Waals surface area contributed by atoms with Crippen molar-refractivity contribution >= 4 is 5.69 Å². The Morgan fingerprint density at radius 1 is 1.31 bits per heavy atom. The average Bonchev–Trinajstić information content (AvgIpc) is 2.07. The van der Waals surface area contributed by atoms with Gasteiger partial charge in [-0.15, -0.1) is 0 Å². The van der Waals surface area contributed by atoms with E-state index in [1.54, 1.807) is 0 Å². The molecule has 0 aliphatic carbocycles. The highest BCUT2D eigenvalue weighted by Crippen LogP contribution is 1.98. The molecular formula is C8H15Cl2N3. The second kappa shape index (κ2) is 8.10. The Balaban J connectivity index is 0. The lowest BCUT2D eigenvalue weighted by molar-refractivity contribution is -0.711. The van der Waals surface area contributed by atoms with Crippen molar-refractivity contribution in [2.24, 2.45) is 0 Å². The molecule has 0 aliphatic heterocycles. The number of pyridine rings is 1. The molecule has 0 radical (unpaired) electrons. The molecule has 0 saturated carbocycles. The fourth-order valence-electron chi connectivity index (χ4n) is 0.956. The lowest BCUT2D eigenvalue weighted by atomic mass is 10.4. The molecule has 0 fully saturated rings. The molecule has 0 aliphatic rings. The number of nitrogens with zero attached hydrogens (tertiary/aromatic N) is 1. The summed E-state index contributed by atoms with van der Waals surface area (Å²) in [5, 5.41) is 3.07. The van der Waals surface area contributed by atoms with E-state index in [4.69, 9.17) is 0 Å². The monoisotopic (exact) mass is 223 g/mol. The molecule has 1 heterocycles. The molecule has 13 heavy (non-hydrogen) atoms. The van der Waals surface area contributed by atoms with E-state index in [2.05, 4.69) is 40.1 Å². The van der Waals surface area contributed by atoms with E-state index in [0.717, 1.165) is 18.8 Å². The van der Waals surface area contributed by atoms with Crippen molar-refractivity contribution in [3.8, 4) is 0 Å². The first-order valence-corrected chi connectivity index (χ1v) is 3.83. The van der Waals surface area contributed by atoms with Gasteiger partial charge in [-0.05, 0) is 0 Å². The number of nitrogens with one attached hydrogen (secondary N) is 1. The van der Waals surface area contributed by atoms with Crippen molar-refractivity contribution in [1.29, 1.82) is 0 Å². The Morgan fingerprint density at radius 2 is 1.85 bits per heavy atom. The number of hydrogen-bond donors (Lipinski definition) is 2. The van der Waals surface area contributed by atoms with Gasteiger partial charge >= 0.3 is 0 Å².